The number of nitrogen functional groups attached to an aromatic ring is 2. The summed E-state index contributed by atoms with van der Waals surface area (Å²) in [7, 11) is 0. The summed E-state index contributed by atoms with van der Waals surface area (Å²) in [6.45, 7) is 2.10. The van der Waals surface area contributed by atoms with Crippen LogP contribution in [0.5, 0.6) is 0 Å². The zero-order chi connectivity index (χ0) is 18.5. The smallest absolute Gasteiger partial charge is 0.292 e. The first kappa shape index (κ1) is 16.1. The van der Waals surface area contributed by atoms with Gasteiger partial charge in [-0.3, -0.25) is 0 Å². The molecule has 4 N–H and O–H groups in total. The van der Waals surface area contributed by atoms with E-state index in [9.17, 15) is 0 Å². The van der Waals surface area contributed by atoms with Gasteiger partial charge in [-0.15, -0.1) is 22.7 Å². The van der Waals surface area contributed by atoms with E-state index in [0.717, 1.165) is 37.8 Å². The Kier molecular flexibility index (Phi) is 3.56. The molecular formula is C19H14N4O2S2. The topological polar surface area (TPSA) is 104 Å². The summed E-state index contributed by atoms with van der Waals surface area (Å²) in [6.07, 6.45) is 3.20. The number of nitrogens with zero attached hydrogens (tertiary/aromatic N) is 2. The lowest BCUT2D eigenvalue weighted by molar-refractivity contribution is 0.580. The van der Waals surface area contributed by atoms with Gasteiger partial charge in [-0.05, 0) is 18.1 Å². The van der Waals surface area contributed by atoms with Gasteiger partial charge in [0.15, 0.2) is 0 Å². The van der Waals surface area contributed by atoms with E-state index in [0.29, 0.717) is 0 Å². The number of hydrogen-bond donors (Lipinski definition) is 2. The average Bonchev–Trinajstić information content (AvgIpc) is 3.41. The molecule has 0 spiro atoms. The van der Waals surface area contributed by atoms with E-state index in [1.54, 1.807) is 35.2 Å². The minimum Gasteiger partial charge on any atom is -0.432 e. The number of anilines is 2. The van der Waals surface area contributed by atoms with Gasteiger partial charge in [0.05, 0.1) is 13.8 Å². The second kappa shape index (κ2) is 5.97. The quantitative estimate of drug-likeness (QED) is 0.424. The van der Waals surface area contributed by atoms with E-state index in [4.69, 9.17) is 20.3 Å². The first-order chi connectivity index (χ1) is 13.1. The van der Waals surface area contributed by atoms with Crippen molar-refractivity contribution in [1.82, 2.24) is 9.97 Å². The zero-order valence-corrected chi connectivity index (χ0v) is 15.9. The van der Waals surface area contributed by atoms with Crippen molar-refractivity contribution in [3.8, 4) is 32.3 Å². The SMILES string of the molecule is Cc1c(-c2coc(N)n2)sc2sc(-c3coc(N)n3)c(-c3ccccc3)c12. The van der Waals surface area contributed by atoms with E-state index < -0.39 is 0 Å². The van der Waals surface area contributed by atoms with Crippen LogP contribution in [0.3, 0.4) is 0 Å². The van der Waals surface area contributed by atoms with E-state index in [1.807, 2.05) is 18.2 Å². The maximum absolute atomic E-state index is 5.71. The Morgan fingerprint density at radius 1 is 0.852 bits per heavy atom. The molecule has 8 heteroatoms. The van der Waals surface area contributed by atoms with Crippen LogP contribution in [0.4, 0.5) is 12.0 Å². The van der Waals surface area contributed by atoms with Crippen LogP contribution in [0, 0.1) is 6.92 Å². The number of hydrogen-bond acceptors (Lipinski definition) is 8. The number of nitrogens with two attached hydrogens (primary N) is 2. The Labute approximate surface area is 162 Å². The van der Waals surface area contributed by atoms with Crippen molar-refractivity contribution in [3.63, 3.8) is 0 Å². The van der Waals surface area contributed by atoms with Gasteiger partial charge in [0.25, 0.3) is 12.0 Å². The summed E-state index contributed by atoms with van der Waals surface area (Å²) < 4.78 is 11.6. The summed E-state index contributed by atoms with van der Waals surface area (Å²) in [5.41, 5.74) is 16.2. The molecule has 0 radical (unpaired) electrons. The first-order valence-electron chi connectivity index (χ1n) is 8.16. The van der Waals surface area contributed by atoms with Gasteiger partial charge in [-0.25, -0.2) is 0 Å². The number of thiophene rings is 2. The van der Waals surface area contributed by atoms with Crippen molar-refractivity contribution in [2.24, 2.45) is 0 Å². The molecule has 1 aromatic carbocycles. The third kappa shape index (κ3) is 2.53. The van der Waals surface area contributed by atoms with Gasteiger partial charge >= 0.3 is 0 Å². The number of benzene rings is 1. The normalized spacial score (nSPS) is 11.4. The third-order valence-corrected chi connectivity index (χ3v) is 6.97. The lowest BCUT2D eigenvalue weighted by Gasteiger charge is -2.04. The molecule has 6 nitrogen and oxygen atoms in total. The van der Waals surface area contributed by atoms with Crippen LogP contribution >= 0.6 is 22.7 Å². The van der Waals surface area contributed by atoms with Crippen molar-refractivity contribution >= 4 is 44.1 Å². The highest BCUT2D eigenvalue weighted by Gasteiger charge is 2.24. The number of aromatic nitrogens is 2. The molecular weight excluding hydrogens is 380 g/mol. The molecule has 5 rings (SSSR count). The molecule has 0 bridgehead atoms. The van der Waals surface area contributed by atoms with E-state index in [1.165, 1.54) is 9.40 Å². The minimum absolute atomic E-state index is 0.163. The fraction of sp³-hybridized carbons (Fsp3) is 0.0526. The van der Waals surface area contributed by atoms with Crippen molar-refractivity contribution < 1.29 is 8.83 Å². The number of fused-ring (bicyclic) bond motifs is 1. The summed E-state index contributed by atoms with van der Waals surface area (Å²) in [4.78, 5) is 10.7. The largest absolute Gasteiger partial charge is 0.432 e. The highest BCUT2D eigenvalue weighted by atomic mass is 32.2. The highest BCUT2D eigenvalue weighted by Crippen LogP contribution is 2.51. The number of rotatable bonds is 3. The van der Waals surface area contributed by atoms with Crippen molar-refractivity contribution in [2.45, 2.75) is 6.92 Å². The van der Waals surface area contributed by atoms with E-state index in [-0.39, 0.29) is 12.0 Å². The molecule has 4 heterocycles. The molecule has 0 saturated carbocycles. The second-order valence-electron chi connectivity index (χ2n) is 6.03. The Hall–Kier alpha value is -3.10. The van der Waals surface area contributed by atoms with Crippen molar-refractivity contribution in [2.75, 3.05) is 11.5 Å². The Morgan fingerprint density at radius 2 is 1.44 bits per heavy atom. The summed E-state index contributed by atoms with van der Waals surface area (Å²) in [5.74, 6) is 0. The molecule has 0 saturated heterocycles. The van der Waals surface area contributed by atoms with Gasteiger partial charge in [0.1, 0.15) is 23.9 Å². The van der Waals surface area contributed by atoms with Crippen LogP contribution in [0.15, 0.2) is 51.7 Å². The van der Waals surface area contributed by atoms with Crippen molar-refractivity contribution in [3.05, 3.63) is 48.4 Å². The molecule has 5 aromatic rings. The molecule has 0 fully saturated rings. The standard InChI is InChI=1S/C19H14N4O2S2/c1-9-13-14(10-5-3-2-4-6-10)16(12-8-25-19(21)23-12)27-17(13)26-15(9)11-7-24-18(20)22-11/h2-8H,1H3,(H2,20,22)(H2,21,23). The molecule has 4 aromatic heterocycles. The summed E-state index contributed by atoms with van der Waals surface area (Å²) in [6, 6.07) is 10.6. The lowest BCUT2D eigenvalue weighted by atomic mass is 10.00. The van der Waals surface area contributed by atoms with Gasteiger partial charge in [0.2, 0.25) is 0 Å². The third-order valence-electron chi connectivity index (χ3n) is 4.36. The predicted molar refractivity (Wildman–Crippen MR) is 110 cm³/mol. The minimum atomic E-state index is 0.163. The fourth-order valence-corrected chi connectivity index (χ4v) is 5.92. The van der Waals surface area contributed by atoms with Crippen LogP contribution < -0.4 is 11.5 Å². The second-order valence-corrected chi connectivity index (χ2v) is 8.33. The van der Waals surface area contributed by atoms with Gasteiger partial charge in [-0.1, -0.05) is 30.3 Å². The van der Waals surface area contributed by atoms with E-state index in [2.05, 4.69) is 29.0 Å². The maximum Gasteiger partial charge on any atom is 0.292 e. The van der Waals surface area contributed by atoms with Gasteiger partial charge < -0.3 is 20.3 Å². The van der Waals surface area contributed by atoms with Crippen LogP contribution in [0.25, 0.3) is 41.7 Å². The fourth-order valence-electron chi connectivity index (χ4n) is 3.19. The molecule has 0 aliphatic rings. The van der Waals surface area contributed by atoms with Crippen LogP contribution in [-0.2, 0) is 0 Å². The predicted octanol–water partition coefficient (Wildman–Crippen LogP) is 5.41. The maximum atomic E-state index is 5.71. The monoisotopic (exact) mass is 394 g/mol. The van der Waals surface area contributed by atoms with Crippen molar-refractivity contribution in [1.29, 1.82) is 0 Å². The molecule has 0 atom stereocenters. The molecule has 27 heavy (non-hydrogen) atoms. The molecule has 0 amide bonds. The van der Waals surface area contributed by atoms with Crippen LogP contribution in [0.1, 0.15) is 5.56 Å². The summed E-state index contributed by atoms with van der Waals surface area (Å²) in [5, 5.41) is 1.18. The molecule has 0 aliphatic heterocycles. The molecule has 0 unspecified atom stereocenters. The molecule has 134 valence electrons. The van der Waals surface area contributed by atoms with Gasteiger partial charge in [0, 0.05) is 10.9 Å². The lowest BCUT2D eigenvalue weighted by Crippen LogP contribution is -1.85. The number of oxazole rings is 2. The first-order valence-corrected chi connectivity index (χ1v) is 9.79. The van der Waals surface area contributed by atoms with Gasteiger partial charge in [-0.2, -0.15) is 9.97 Å². The Morgan fingerprint density at radius 3 is 2.04 bits per heavy atom. The Balaban J connectivity index is 1.81. The van der Waals surface area contributed by atoms with Crippen LogP contribution in [0.2, 0.25) is 0 Å². The highest BCUT2D eigenvalue weighted by molar-refractivity contribution is 7.41. The average molecular weight is 394 g/mol. The molecule has 0 aliphatic carbocycles. The number of aryl methyl sites for hydroxylation is 1. The summed E-state index contributed by atoms with van der Waals surface area (Å²) >= 11 is 3.34. The van der Waals surface area contributed by atoms with E-state index >= 15 is 0 Å². The Bertz CT molecular complexity index is 1260. The van der Waals surface area contributed by atoms with Crippen LogP contribution in [-0.4, -0.2) is 9.97 Å². The zero-order valence-electron chi connectivity index (χ0n) is 14.2.